The molecule has 2 aromatic heterocycles. The van der Waals surface area contributed by atoms with Gasteiger partial charge in [0.15, 0.2) is 5.60 Å². The van der Waals surface area contributed by atoms with Crippen LogP contribution in [0.1, 0.15) is 54.7 Å². The van der Waals surface area contributed by atoms with Gasteiger partial charge < -0.3 is 35.5 Å². The third kappa shape index (κ3) is 5.69. The van der Waals surface area contributed by atoms with Gasteiger partial charge in [-0.2, -0.15) is 0 Å². The van der Waals surface area contributed by atoms with Crippen LogP contribution in [0.15, 0.2) is 35.7 Å². The molecule has 1 aliphatic heterocycles. The number of fused-ring (bicyclic) bond motifs is 4. The normalized spacial score (nSPS) is 22.6. The zero-order valence-corrected chi connectivity index (χ0v) is 22.1. The Labute approximate surface area is 227 Å². The number of carboxylic acid groups (broad SMARTS) is 3. The molecule has 0 bridgehead atoms. The van der Waals surface area contributed by atoms with Crippen molar-refractivity contribution in [1.29, 1.82) is 0 Å². The van der Waals surface area contributed by atoms with E-state index in [1.54, 1.807) is 6.07 Å². The first-order chi connectivity index (χ1) is 18.4. The fraction of sp³-hybridized carbons (Fsp3) is 0.444. The van der Waals surface area contributed by atoms with E-state index < -0.39 is 36.4 Å². The number of carbonyl (C=O) groups is 3. The standard InChI is InChI=1S/C21H23FN2OS.C6H8O7/c1-23-20(18-3-2-12-26-18)7-9-21(10-8-20)19-15(6-11-25-21)16-13-14(22)4-5-17(16)24-19;7-3(8)1-6(13,5(11)12)2-4(9)10/h2-5,12-13,23-24H,6-11H2,1H3;13H,1-2H2,(H,7,8)(H,9,10)(H,11,12). The molecule has 1 aliphatic carbocycles. The number of halogens is 1. The van der Waals surface area contributed by atoms with Crippen molar-refractivity contribution >= 4 is 40.1 Å². The molecule has 0 atom stereocenters. The van der Waals surface area contributed by atoms with Crippen molar-refractivity contribution < 1.29 is 43.9 Å². The predicted molar refractivity (Wildman–Crippen MR) is 140 cm³/mol. The van der Waals surface area contributed by atoms with Crippen molar-refractivity contribution in [3.8, 4) is 0 Å². The lowest BCUT2D eigenvalue weighted by Gasteiger charge is -2.47. The predicted octanol–water partition coefficient (Wildman–Crippen LogP) is 3.58. The first-order valence-corrected chi connectivity index (χ1v) is 13.4. The first-order valence-electron chi connectivity index (χ1n) is 12.5. The number of thiophene rings is 1. The number of H-pyrrole nitrogens is 1. The zero-order valence-electron chi connectivity index (χ0n) is 21.3. The van der Waals surface area contributed by atoms with Gasteiger partial charge in [0.25, 0.3) is 0 Å². The molecule has 0 radical (unpaired) electrons. The van der Waals surface area contributed by atoms with E-state index in [1.807, 2.05) is 17.4 Å². The Morgan fingerprint density at radius 1 is 1.10 bits per heavy atom. The van der Waals surface area contributed by atoms with Gasteiger partial charge in [-0.1, -0.05) is 6.07 Å². The SMILES string of the molecule is CNC1(c2cccs2)CCC2(CC1)OCCc1c2[nH]c2ccc(F)cc12.O=C(O)CC(O)(CC(=O)O)C(=O)O. The number of aliphatic carboxylic acids is 3. The van der Waals surface area contributed by atoms with Crippen molar-refractivity contribution in [3.63, 3.8) is 0 Å². The summed E-state index contributed by atoms with van der Waals surface area (Å²) in [6.45, 7) is 0.710. The third-order valence-corrected chi connectivity index (χ3v) is 8.80. The molecule has 5 rings (SSSR count). The molecule has 6 N–H and O–H groups in total. The number of aliphatic hydroxyl groups is 1. The lowest BCUT2D eigenvalue weighted by molar-refractivity contribution is -0.170. The number of nitrogens with one attached hydrogen (secondary N) is 2. The second-order valence-corrected chi connectivity index (χ2v) is 11.0. The van der Waals surface area contributed by atoms with Gasteiger partial charge in [0, 0.05) is 15.8 Å². The highest BCUT2D eigenvalue weighted by atomic mass is 32.1. The Morgan fingerprint density at radius 3 is 2.31 bits per heavy atom. The Morgan fingerprint density at radius 2 is 1.77 bits per heavy atom. The fourth-order valence-electron chi connectivity index (χ4n) is 5.65. The summed E-state index contributed by atoms with van der Waals surface area (Å²) in [7, 11) is 2.07. The molecule has 1 fully saturated rings. The average Bonchev–Trinajstić information content (AvgIpc) is 3.54. The minimum atomic E-state index is -2.74. The summed E-state index contributed by atoms with van der Waals surface area (Å²) in [5.74, 6) is -5.19. The van der Waals surface area contributed by atoms with Gasteiger partial charge in [-0.05, 0) is 74.4 Å². The molecule has 1 saturated carbocycles. The summed E-state index contributed by atoms with van der Waals surface area (Å²) in [5, 5.41) is 40.6. The molecule has 3 heterocycles. The second kappa shape index (κ2) is 11.0. The maximum absolute atomic E-state index is 13.8. The van der Waals surface area contributed by atoms with Gasteiger partial charge in [0.1, 0.15) is 11.4 Å². The molecule has 39 heavy (non-hydrogen) atoms. The second-order valence-electron chi connectivity index (χ2n) is 10.0. The summed E-state index contributed by atoms with van der Waals surface area (Å²) in [4.78, 5) is 35.5. The summed E-state index contributed by atoms with van der Waals surface area (Å²) < 4.78 is 20.2. The van der Waals surface area contributed by atoms with Gasteiger partial charge in [0.05, 0.1) is 30.7 Å². The number of ether oxygens (including phenoxy) is 1. The quantitative estimate of drug-likeness (QED) is 0.252. The van der Waals surface area contributed by atoms with Gasteiger partial charge in [0.2, 0.25) is 0 Å². The van der Waals surface area contributed by atoms with Gasteiger partial charge in [-0.15, -0.1) is 11.3 Å². The van der Waals surface area contributed by atoms with Crippen LogP contribution in [0.4, 0.5) is 4.39 Å². The minimum absolute atomic E-state index is 0.0402. The monoisotopic (exact) mass is 562 g/mol. The molecule has 210 valence electrons. The van der Waals surface area contributed by atoms with Crippen LogP contribution >= 0.6 is 11.3 Å². The molecule has 0 unspecified atom stereocenters. The maximum atomic E-state index is 13.8. The van der Waals surface area contributed by atoms with Crippen LogP contribution in [-0.2, 0) is 36.7 Å². The van der Waals surface area contributed by atoms with Crippen LogP contribution in [0, 0.1) is 5.82 Å². The van der Waals surface area contributed by atoms with E-state index in [-0.39, 0.29) is 17.0 Å². The number of carboxylic acids is 3. The van der Waals surface area contributed by atoms with E-state index in [1.165, 1.54) is 22.2 Å². The van der Waals surface area contributed by atoms with Crippen molar-refractivity contribution in [3.05, 3.63) is 57.7 Å². The van der Waals surface area contributed by atoms with Crippen LogP contribution in [0.25, 0.3) is 10.9 Å². The highest BCUT2D eigenvalue weighted by Gasteiger charge is 2.48. The third-order valence-electron chi connectivity index (χ3n) is 7.72. The van der Waals surface area contributed by atoms with Crippen LogP contribution < -0.4 is 5.32 Å². The van der Waals surface area contributed by atoms with E-state index in [0.717, 1.165) is 43.0 Å². The number of aromatic nitrogens is 1. The van der Waals surface area contributed by atoms with Crippen LogP contribution in [0.3, 0.4) is 0 Å². The smallest absolute Gasteiger partial charge is 0.336 e. The van der Waals surface area contributed by atoms with Crippen molar-refractivity contribution in [2.24, 2.45) is 0 Å². The largest absolute Gasteiger partial charge is 0.481 e. The maximum Gasteiger partial charge on any atom is 0.336 e. The molecule has 1 spiro atoms. The van der Waals surface area contributed by atoms with Crippen molar-refractivity contribution in [2.45, 2.75) is 61.7 Å². The number of hydrogen-bond donors (Lipinski definition) is 6. The van der Waals surface area contributed by atoms with Gasteiger partial charge in [-0.3, -0.25) is 9.59 Å². The summed E-state index contributed by atoms with van der Waals surface area (Å²) >= 11 is 1.83. The Hall–Kier alpha value is -3.32. The molecule has 0 amide bonds. The van der Waals surface area contributed by atoms with Crippen LogP contribution in [0.5, 0.6) is 0 Å². The van der Waals surface area contributed by atoms with Crippen molar-refractivity contribution in [1.82, 2.24) is 10.3 Å². The van der Waals surface area contributed by atoms with E-state index in [9.17, 15) is 18.8 Å². The molecule has 12 heteroatoms. The Balaban J connectivity index is 0.000000233. The number of benzene rings is 1. The number of aromatic amines is 1. The average molecular weight is 563 g/mol. The molecule has 0 saturated heterocycles. The fourth-order valence-corrected chi connectivity index (χ4v) is 6.64. The van der Waals surface area contributed by atoms with E-state index in [0.29, 0.717) is 6.61 Å². The Bertz CT molecular complexity index is 1350. The summed E-state index contributed by atoms with van der Waals surface area (Å²) in [6.07, 6.45) is 2.56. The molecular formula is C27H31FN2O8S. The van der Waals surface area contributed by atoms with E-state index in [2.05, 4.69) is 34.9 Å². The van der Waals surface area contributed by atoms with Gasteiger partial charge >= 0.3 is 17.9 Å². The first kappa shape index (κ1) is 28.7. The number of rotatable bonds is 7. The van der Waals surface area contributed by atoms with Gasteiger partial charge in [-0.25, -0.2) is 9.18 Å². The van der Waals surface area contributed by atoms with Crippen LogP contribution in [0.2, 0.25) is 0 Å². The number of hydrogen-bond acceptors (Lipinski definition) is 7. The Kier molecular flexibility index (Phi) is 8.12. The van der Waals surface area contributed by atoms with Crippen LogP contribution in [-0.4, -0.2) is 62.6 Å². The molecule has 3 aromatic rings. The topological polar surface area (TPSA) is 169 Å². The lowest BCUT2D eigenvalue weighted by atomic mass is 9.70. The highest BCUT2D eigenvalue weighted by molar-refractivity contribution is 7.10. The molecule has 10 nitrogen and oxygen atoms in total. The lowest BCUT2D eigenvalue weighted by Crippen LogP contribution is -2.49. The molecule has 1 aromatic carbocycles. The van der Waals surface area contributed by atoms with E-state index >= 15 is 0 Å². The summed E-state index contributed by atoms with van der Waals surface area (Å²) in [5.41, 5.74) is 0.487. The summed E-state index contributed by atoms with van der Waals surface area (Å²) in [6, 6.07) is 9.41. The van der Waals surface area contributed by atoms with E-state index in [4.69, 9.17) is 25.2 Å². The highest BCUT2D eigenvalue weighted by Crippen LogP contribution is 2.51. The zero-order chi connectivity index (χ0) is 28.4. The molecule has 2 aliphatic rings. The minimum Gasteiger partial charge on any atom is -0.481 e. The molecular weight excluding hydrogens is 531 g/mol. The van der Waals surface area contributed by atoms with Crippen molar-refractivity contribution in [2.75, 3.05) is 13.7 Å².